The molecule has 6 rings (SSSR count). The molecule has 1 aliphatic heterocycles. The Morgan fingerprint density at radius 2 is 1.80 bits per heavy atom. The molecule has 2 aromatic carbocycles. The van der Waals surface area contributed by atoms with Crippen molar-refractivity contribution in [3.05, 3.63) is 63.6 Å². The van der Waals surface area contributed by atoms with E-state index < -0.39 is 58.0 Å². The van der Waals surface area contributed by atoms with Gasteiger partial charge < -0.3 is 36.8 Å². The quantitative estimate of drug-likeness (QED) is 0.293. The average molecular weight is 549 g/mol. The van der Waals surface area contributed by atoms with E-state index in [0.717, 1.165) is 37.1 Å². The number of ketones is 2. The number of hydrogen-bond donors (Lipinski definition) is 6. The number of carbonyl (C=O) groups excluding carboxylic acids is 3. The van der Waals surface area contributed by atoms with Gasteiger partial charge in [0.15, 0.2) is 11.4 Å². The molecule has 40 heavy (non-hydrogen) atoms. The van der Waals surface area contributed by atoms with Gasteiger partial charge in [0.05, 0.1) is 11.6 Å². The number of aliphatic hydroxyl groups excluding tert-OH is 2. The summed E-state index contributed by atoms with van der Waals surface area (Å²) in [5, 5.41) is 45.8. The van der Waals surface area contributed by atoms with Crippen LogP contribution in [0.15, 0.2) is 46.9 Å². The molecule has 0 radical (unpaired) electrons. The molecular weight excluding hydrogens is 516 g/mol. The number of rotatable bonds is 3. The fourth-order valence-corrected chi connectivity index (χ4v) is 6.89. The number of primary amides is 1. The maximum absolute atomic E-state index is 13.8. The molecule has 8 N–H and O–H groups in total. The number of nitrogens with zero attached hydrogens (tertiary/aromatic N) is 2. The molecule has 0 spiro atoms. The highest BCUT2D eigenvalue weighted by molar-refractivity contribution is 6.25. The minimum absolute atomic E-state index is 0.00479. The van der Waals surface area contributed by atoms with Crippen molar-refractivity contribution < 1.29 is 34.8 Å². The zero-order chi connectivity index (χ0) is 28.7. The largest absolute Gasteiger partial charge is 0.510 e. The summed E-state index contributed by atoms with van der Waals surface area (Å²) in [6.07, 6.45) is 0.209. The highest BCUT2D eigenvalue weighted by Gasteiger charge is 2.62. The molecule has 11 nitrogen and oxygen atoms in total. The van der Waals surface area contributed by atoms with Gasteiger partial charge in [-0.15, -0.1) is 0 Å². The van der Waals surface area contributed by atoms with E-state index in [1.54, 1.807) is 0 Å². The number of hydrogen-bond acceptors (Lipinski definition) is 10. The van der Waals surface area contributed by atoms with Gasteiger partial charge in [-0.1, -0.05) is 18.2 Å². The normalized spacial score (nSPS) is 29.4. The number of carbonyl (C=O) groups is 3. The first-order valence-corrected chi connectivity index (χ1v) is 13.4. The Balaban J connectivity index is 1.42. The molecule has 3 aliphatic carbocycles. The molecule has 4 atom stereocenters. The zero-order valence-corrected chi connectivity index (χ0v) is 22.1. The van der Waals surface area contributed by atoms with E-state index in [2.05, 4.69) is 16.8 Å². The second-order valence-electron chi connectivity index (χ2n) is 11.5. The molecular formula is C29H32N4O7. The third kappa shape index (κ3) is 3.69. The number of aromatic hydroxyl groups is 1. The Morgan fingerprint density at radius 3 is 2.48 bits per heavy atom. The van der Waals surface area contributed by atoms with Crippen molar-refractivity contribution in [2.75, 3.05) is 33.2 Å². The van der Waals surface area contributed by atoms with Gasteiger partial charge in [-0.25, -0.2) is 0 Å². The van der Waals surface area contributed by atoms with Crippen molar-refractivity contribution in [1.82, 2.24) is 9.80 Å². The van der Waals surface area contributed by atoms with Crippen LogP contribution >= 0.6 is 0 Å². The van der Waals surface area contributed by atoms with Crippen LogP contribution in [-0.4, -0.2) is 92.6 Å². The van der Waals surface area contributed by atoms with E-state index in [1.807, 2.05) is 24.3 Å². The van der Waals surface area contributed by atoms with Gasteiger partial charge in [0.25, 0.3) is 5.91 Å². The Bertz CT molecular complexity index is 1560. The number of nitrogens with two attached hydrogens (primary N) is 2. The molecule has 2 aromatic rings. The lowest BCUT2D eigenvalue weighted by atomic mass is 9.59. The summed E-state index contributed by atoms with van der Waals surface area (Å²) >= 11 is 0. The lowest BCUT2D eigenvalue weighted by Crippen LogP contribution is -2.63. The molecule has 210 valence electrons. The predicted octanol–water partition coefficient (Wildman–Crippen LogP) is 0.418. The van der Waals surface area contributed by atoms with E-state index in [1.165, 1.54) is 0 Å². The fraction of sp³-hybridized carbons (Fsp3) is 0.414. The number of fused-ring (bicyclic) bond motifs is 4. The van der Waals surface area contributed by atoms with Crippen molar-refractivity contribution in [1.29, 1.82) is 0 Å². The first kappa shape index (κ1) is 26.5. The van der Waals surface area contributed by atoms with Crippen LogP contribution in [0.3, 0.4) is 0 Å². The van der Waals surface area contributed by atoms with E-state index >= 15 is 0 Å². The van der Waals surface area contributed by atoms with Crippen molar-refractivity contribution in [3.8, 4) is 5.75 Å². The Morgan fingerprint density at radius 1 is 1.10 bits per heavy atom. The minimum atomic E-state index is -2.71. The Kier molecular flexibility index (Phi) is 6.04. The zero-order valence-electron chi connectivity index (χ0n) is 22.1. The van der Waals surface area contributed by atoms with Crippen LogP contribution in [0.5, 0.6) is 5.75 Å². The van der Waals surface area contributed by atoms with E-state index in [0.29, 0.717) is 17.5 Å². The standard InChI is InChI=1S/C29H32N4O7/c1-32-4-6-33(7-5-32)12-13-2-3-14-9-15-10-16-11-18-22(30)25(36)21(28(31)39)27(38)29(18,40)26(37)20(16)24(35)19(15)23(34)17(14)8-13/h2-3,8-9,16,18,22,34,36-37,40H,4-7,10-12,30H2,1H3,(H2,31,39)/t16-,18-,22-,29-/m0/s1. The smallest absolute Gasteiger partial charge is 0.255 e. The molecule has 4 aliphatic rings. The number of likely N-dealkylation sites (N-methyl/N-ethyl adjacent to an activating group) is 1. The van der Waals surface area contributed by atoms with Crippen molar-refractivity contribution >= 4 is 28.2 Å². The van der Waals surface area contributed by atoms with Crippen molar-refractivity contribution in [3.63, 3.8) is 0 Å². The summed E-state index contributed by atoms with van der Waals surface area (Å²) in [5.74, 6) is -7.05. The van der Waals surface area contributed by atoms with Crippen LogP contribution in [0.4, 0.5) is 0 Å². The number of Topliss-reactive ketones (excluding diaryl/α,β-unsaturated/α-hetero) is 2. The number of allylic oxidation sites excluding steroid dienone is 1. The number of phenols is 1. The Labute approximate surface area is 230 Å². The number of phenolic OH excluding ortho intramolecular Hbond substituents is 1. The fourth-order valence-electron chi connectivity index (χ4n) is 6.89. The first-order chi connectivity index (χ1) is 18.9. The molecule has 0 unspecified atom stereocenters. The second-order valence-corrected chi connectivity index (χ2v) is 11.5. The van der Waals surface area contributed by atoms with Crippen LogP contribution < -0.4 is 11.5 Å². The van der Waals surface area contributed by atoms with Gasteiger partial charge in [0, 0.05) is 49.6 Å². The number of aliphatic hydroxyl groups is 3. The number of benzene rings is 2. The van der Waals surface area contributed by atoms with Gasteiger partial charge in [-0.05, 0) is 48.4 Å². The van der Waals surface area contributed by atoms with Gasteiger partial charge in [0.1, 0.15) is 22.8 Å². The van der Waals surface area contributed by atoms with Gasteiger partial charge in [-0.3, -0.25) is 19.3 Å². The highest BCUT2D eigenvalue weighted by Crippen LogP contribution is 2.51. The molecule has 11 heteroatoms. The highest BCUT2D eigenvalue weighted by atomic mass is 16.3. The second kappa shape index (κ2) is 9.13. The number of piperazine rings is 1. The minimum Gasteiger partial charge on any atom is -0.510 e. The van der Waals surface area contributed by atoms with E-state index in [-0.39, 0.29) is 29.7 Å². The monoisotopic (exact) mass is 548 g/mol. The SMILES string of the molecule is CN1CCN(Cc2ccc3cc4c(c(O)c3c2)C(=O)C2=C(O)[C@]3(O)C(=O)C(C(N)=O)=C(O)[C@@H](N)[C@@H]3C[C@@H]2C4)CC1. The molecule has 1 fully saturated rings. The first-order valence-electron chi connectivity index (χ1n) is 13.4. The van der Waals surface area contributed by atoms with Crippen molar-refractivity contribution in [2.24, 2.45) is 23.3 Å². The van der Waals surface area contributed by atoms with E-state index in [4.69, 9.17) is 11.5 Å². The molecule has 0 saturated carbocycles. The summed E-state index contributed by atoms with van der Waals surface area (Å²) in [7, 11) is 2.09. The predicted molar refractivity (Wildman–Crippen MR) is 144 cm³/mol. The van der Waals surface area contributed by atoms with Gasteiger partial charge >= 0.3 is 0 Å². The molecule has 1 heterocycles. The summed E-state index contributed by atoms with van der Waals surface area (Å²) in [4.78, 5) is 43.5. The summed E-state index contributed by atoms with van der Waals surface area (Å²) < 4.78 is 0. The van der Waals surface area contributed by atoms with Crippen LogP contribution in [0, 0.1) is 11.8 Å². The maximum atomic E-state index is 13.8. The third-order valence-corrected chi connectivity index (χ3v) is 9.13. The summed E-state index contributed by atoms with van der Waals surface area (Å²) in [5.41, 5.74) is 9.12. The lowest BCUT2D eigenvalue weighted by molar-refractivity contribution is -0.145. The van der Waals surface area contributed by atoms with Crippen molar-refractivity contribution in [2.45, 2.75) is 31.0 Å². The van der Waals surface area contributed by atoms with Crippen LogP contribution in [-0.2, 0) is 22.6 Å². The summed E-state index contributed by atoms with van der Waals surface area (Å²) in [6.45, 7) is 4.49. The molecule has 0 aromatic heterocycles. The lowest BCUT2D eigenvalue weighted by Gasteiger charge is -2.47. The number of amides is 1. The van der Waals surface area contributed by atoms with Gasteiger partial charge in [0.2, 0.25) is 5.78 Å². The Hall–Kier alpha value is -3.77. The average Bonchev–Trinajstić information content (AvgIpc) is 2.90. The van der Waals surface area contributed by atoms with Crippen LogP contribution in [0.1, 0.15) is 27.9 Å². The maximum Gasteiger partial charge on any atom is 0.255 e. The van der Waals surface area contributed by atoms with Crippen LogP contribution in [0.25, 0.3) is 10.8 Å². The van der Waals surface area contributed by atoms with E-state index in [9.17, 15) is 34.8 Å². The molecule has 1 saturated heterocycles. The van der Waals surface area contributed by atoms with Gasteiger partial charge in [-0.2, -0.15) is 0 Å². The third-order valence-electron chi connectivity index (χ3n) is 9.13. The van der Waals surface area contributed by atoms with Crippen LogP contribution in [0.2, 0.25) is 0 Å². The summed E-state index contributed by atoms with van der Waals surface area (Å²) in [6, 6.07) is 6.25. The molecule has 1 amide bonds. The topological polar surface area (TPSA) is 191 Å². The molecule has 0 bridgehead atoms.